The van der Waals surface area contributed by atoms with Crippen molar-refractivity contribution in [2.24, 2.45) is 0 Å². The van der Waals surface area contributed by atoms with E-state index >= 15 is 0 Å². The number of benzene rings is 12. The molecule has 0 saturated heterocycles. The standard InChI is InChI=1S/C85H72N2/c1-53-39-54(2)42-69(41-53)86(65-29-27-61-15-11-13-17-63(61)49-65)67-31-37-75-73-35-25-59(47-79(73)84(7,8)81(75)51-67)21-19-57-23-33-71-72-34-24-58(46-78(72)83(5,6)77(71)45-57)20-22-60-26-36-74-76-38-32-68(52-82(76)85(9,10)80(74)48-60)87(70-43-55(3)40-56(4)44-70)66-30-28-62-16-12-14-18-64(62)50-66/h11-52H,1-10H3/b21-19+,22-20+. The van der Waals surface area contributed by atoms with E-state index in [2.05, 4.69) is 334 Å². The van der Waals surface area contributed by atoms with Crippen molar-refractivity contribution >= 4 is 80.0 Å². The van der Waals surface area contributed by atoms with Crippen LogP contribution >= 0.6 is 0 Å². The molecule has 15 rings (SSSR count). The first-order valence-electron chi connectivity index (χ1n) is 30.9. The van der Waals surface area contributed by atoms with E-state index < -0.39 is 0 Å². The van der Waals surface area contributed by atoms with Crippen molar-refractivity contribution in [3.63, 3.8) is 0 Å². The van der Waals surface area contributed by atoms with Crippen LogP contribution in [0.3, 0.4) is 0 Å². The predicted octanol–water partition coefficient (Wildman–Crippen LogP) is 23.4. The van der Waals surface area contributed by atoms with E-state index in [0.29, 0.717) is 0 Å². The van der Waals surface area contributed by atoms with Crippen molar-refractivity contribution in [3.8, 4) is 33.4 Å². The van der Waals surface area contributed by atoms with Crippen LogP contribution in [0.2, 0.25) is 0 Å². The molecule has 0 spiro atoms. The van der Waals surface area contributed by atoms with E-state index in [1.54, 1.807) is 0 Å². The molecule has 87 heavy (non-hydrogen) atoms. The molecule has 0 unspecified atom stereocenters. The number of hydrogen-bond acceptors (Lipinski definition) is 2. The lowest BCUT2D eigenvalue weighted by atomic mass is 9.81. The normalized spacial score (nSPS) is 14.5. The molecule has 422 valence electrons. The molecule has 2 heteroatoms. The second kappa shape index (κ2) is 20.2. The van der Waals surface area contributed by atoms with Gasteiger partial charge < -0.3 is 9.80 Å². The Morgan fingerprint density at radius 2 is 0.483 bits per heavy atom. The second-order valence-corrected chi connectivity index (χ2v) is 26.6. The molecule has 0 atom stereocenters. The highest BCUT2D eigenvalue weighted by molar-refractivity contribution is 5.94. The Morgan fingerprint density at radius 3 is 0.793 bits per heavy atom. The molecule has 0 amide bonds. The quantitative estimate of drug-likeness (QED) is 0.126. The third-order valence-electron chi connectivity index (χ3n) is 19.5. The Morgan fingerprint density at radius 1 is 0.230 bits per heavy atom. The molecule has 0 aliphatic heterocycles. The Bertz CT molecular complexity index is 4550. The highest BCUT2D eigenvalue weighted by Crippen LogP contribution is 2.54. The van der Waals surface area contributed by atoms with Crippen LogP contribution in [0.25, 0.3) is 79.2 Å². The van der Waals surface area contributed by atoms with Gasteiger partial charge in [-0.2, -0.15) is 0 Å². The second-order valence-electron chi connectivity index (χ2n) is 26.6. The monoisotopic (exact) mass is 1120 g/mol. The highest BCUT2D eigenvalue weighted by Gasteiger charge is 2.39. The number of aryl methyl sites for hydroxylation is 4. The van der Waals surface area contributed by atoms with E-state index in [-0.39, 0.29) is 16.2 Å². The summed E-state index contributed by atoms with van der Waals surface area (Å²) in [6.45, 7) is 23.1. The summed E-state index contributed by atoms with van der Waals surface area (Å²) in [5.41, 5.74) is 32.4. The van der Waals surface area contributed by atoms with Gasteiger partial charge in [0.2, 0.25) is 0 Å². The fourth-order valence-corrected chi connectivity index (χ4v) is 15.0. The highest BCUT2D eigenvalue weighted by atomic mass is 15.1. The minimum Gasteiger partial charge on any atom is -0.310 e. The van der Waals surface area contributed by atoms with E-state index in [0.717, 1.165) is 11.4 Å². The van der Waals surface area contributed by atoms with Crippen LogP contribution in [0.15, 0.2) is 231 Å². The van der Waals surface area contributed by atoms with Gasteiger partial charge in [-0.25, -0.2) is 0 Å². The summed E-state index contributed by atoms with van der Waals surface area (Å²) < 4.78 is 0. The first-order valence-corrected chi connectivity index (χ1v) is 30.9. The molecule has 12 aromatic carbocycles. The molecule has 0 aromatic heterocycles. The Labute approximate surface area is 514 Å². The Kier molecular flexibility index (Phi) is 12.5. The van der Waals surface area contributed by atoms with E-state index in [1.807, 2.05) is 0 Å². The van der Waals surface area contributed by atoms with Gasteiger partial charge in [-0.3, -0.25) is 0 Å². The third-order valence-corrected chi connectivity index (χ3v) is 19.5. The molecule has 0 heterocycles. The third kappa shape index (κ3) is 9.15. The van der Waals surface area contributed by atoms with Gasteiger partial charge in [-0.15, -0.1) is 0 Å². The maximum absolute atomic E-state index is 2.44. The maximum atomic E-state index is 2.44. The molecular formula is C85H72N2. The number of anilines is 6. The molecule has 0 saturated carbocycles. The van der Waals surface area contributed by atoms with Crippen LogP contribution in [0.1, 0.15) is 119 Å². The molecule has 12 aromatic rings. The Hall–Kier alpha value is -9.76. The summed E-state index contributed by atoms with van der Waals surface area (Å²) in [6.07, 6.45) is 9.21. The zero-order valence-corrected chi connectivity index (χ0v) is 51.6. The van der Waals surface area contributed by atoms with Crippen molar-refractivity contribution in [1.82, 2.24) is 0 Å². The van der Waals surface area contributed by atoms with Gasteiger partial charge in [0.05, 0.1) is 0 Å². The minimum absolute atomic E-state index is 0.160. The lowest BCUT2D eigenvalue weighted by Gasteiger charge is -2.29. The fourth-order valence-electron chi connectivity index (χ4n) is 15.0. The van der Waals surface area contributed by atoms with Gasteiger partial charge in [0.1, 0.15) is 0 Å². The number of nitrogens with zero attached hydrogens (tertiary/aromatic N) is 2. The zero-order valence-electron chi connectivity index (χ0n) is 51.6. The average molecular weight is 1120 g/mol. The first kappa shape index (κ1) is 53.9. The van der Waals surface area contributed by atoms with Crippen LogP contribution in [0.4, 0.5) is 34.1 Å². The fraction of sp³-hybridized carbons (Fsp3) is 0.153. The van der Waals surface area contributed by atoms with Gasteiger partial charge >= 0.3 is 0 Å². The molecule has 3 aliphatic rings. The molecule has 0 fully saturated rings. The molecule has 0 bridgehead atoms. The van der Waals surface area contributed by atoms with Crippen molar-refractivity contribution in [1.29, 1.82) is 0 Å². The van der Waals surface area contributed by atoms with Crippen molar-refractivity contribution in [2.45, 2.75) is 85.5 Å². The van der Waals surface area contributed by atoms with Crippen molar-refractivity contribution in [2.75, 3.05) is 9.80 Å². The summed E-state index contributed by atoms with van der Waals surface area (Å²) in [7, 11) is 0. The average Bonchev–Trinajstić information content (AvgIpc) is 1.75. The molecule has 3 aliphatic carbocycles. The lowest BCUT2D eigenvalue weighted by Crippen LogP contribution is -2.17. The maximum Gasteiger partial charge on any atom is 0.0468 e. The Balaban J connectivity index is 0.670. The van der Waals surface area contributed by atoms with Gasteiger partial charge in [0.25, 0.3) is 0 Å². The zero-order chi connectivity index (χ0) is 59.7. The van der Waals surface area contributed by atoms with Crippen LogP contribution in [0.5, 0.6) is 0 Å². The van der Waals surface area contributed by atoms with Crippen LogP contribution in [0, 0.1) is 27.7 Å². The number of hydrogen-bond donors (Lipinski definition) is 0. The SMILES string of the molecule is Cc1cc(C)cc(N(c2ccc3c(c2)C(C)(C)c2cc(/C=C/c4ccc5c(c4)C(C)(C)c4cc(/C=C/c6ccc7c(c6)C(C)(C)c6cc(N(c8cc(C)cc(C)c8)c8ccc9ccccc9c8)ccc6-7)ccc4-5)ccc2-3)c2ccc3ccccc3c2)c1. The van der Waals surface area contributed by atoms with E-state index in [9.17, 15) is 0 Å². The van der Waals surface area contributed by atoms with Crippen LogP contribution in [-0.2, 0) is 16.2 Å². The van der Waals surface area contributed by atoms with Crippen molar-refractivity contribution < 1.29 is 0 Å². The first-order chi connectivity index (χ1) is 41.9. The molecular weight excluding hydrogens is 1050 g/mol. The van der Waals surface area contributed by atoms with E-state index in [4.69, 9.17) is 0 Å². The van der Waals surface area contributed by atoms with Gasteiger partial charge in [0, 0.05) is 50.4 Å². The summed E-state index contributed by atoms with van der Waals surface area (Å²) >= 11 is 0. The smallest absolute Gasteiger partial charge is 0.0468 e. The van der Waals surface area contributed by atoms with Gasteiger partial charge in [0.15, 0.2) is 0 Å². The summed E-state index contributed by atoms with van der Waals surface area (Å²) in [6, 6.07) is 87.2. The molecule has 0 radical (unpaired) electrons. The number of fused-ring (bicyclic) bond motifs is 11. The molecule has 2 nitrogen and oxygen atoms in total. The van der Waals surface area contributed by atoms with Crippen LogP contribution in [-0.4, -0.2) is 0 Å². The van der Waals surface area contributed by atoms with Crippen molar-refractivity contribution in [3.05, 3.63) is 308 Å². The summed E-state index contributed by atoms with van der Waals surface area (Å²) in [5.74, 6) is 0. The minimum atomic E-state index is -0.194. The van der Waals surface area contributed by atoms with Crippen LogP contribution < -0.4 is 9.80 Å². The topological polar surface area (TPSA) is 6.48 Å². The van der Waals surface area contributed by atoms with Gasteiger partial charge in [-0.1, -0.05) is 224 Å². The van der Waals surface area contributed by atoms with E-state index in [1.165, 1.54) is 156 Å². The number of rotatable bonds is 10. The molecule has 0 N–H and O–H groups in total. The predicted molar refractivity (Wildman–Crippen MR) is 373 cm³/mol. The lowest BCUT2D eigenvalue weighted by molar-refractivity contribution is 0.660. The summed E-state index contributed by atoms with van der Waals surface area (Å²) in [4.78, 5) is 4.87. The van der Waals surface area contributed by atoms with Gasteiger partial charge in [-0.05, 0) is 233 Å². The summed E-state index contributed by atoms with van der Waals surface area (Å²) in [5, 5.41) is 4.96. The largest absolute Gasteiger partial charge is 0.310 e.